The van der Waals surface area contributed by atoms with Crippen molar-refractivity contribution in [2.45, 2.75) is 19.0 Å². The smallest absolute Gasteiger partial charge is 0.161 e. The molecule has 0 aliphatic heterocycles. The van der Waals surface area contributed by atoms with Gasteiger partial charge in [-0.15, -0.1) is 0 Å². The fraction of sp³-hybridized carbons (Fsp3) is 1.00. The van der Waals surface area contributed by atoms with Gasteiger partial charge in [0.1, 0.15) is 0 Å². The fourth-order valence-electron chi connectivity index (χ4n) is 0.535. The Kier molecular flexibility index (Phi) is 4.92. The summed E-state index contributed by atoms with van der Waals surface area (Å²) < 4.78 is 20.6. The van der Waals surface area contributed by atoms with Crippen molar-refractivity contribution in [3.63, 3.8) is 0 Å². The van der Waals surface area contributed by atoms with Gasteiger partial charge in [-0.25, -0.2) is 0 Å². The topological polar surface area (TPSA) is 74.6 Å². The van der Waals surface area contributed by atoms with E-state index in [1.54, 1.807) is 6.92 Å². The number of hydrogen-bond donors (Lipinski definition) is 2. The van der Waals surface area contributed by atoms with Crippen LogP contribution in [-0.4, -0.2) is 21.6 Å². The molecule has 10 heavy (non-hydrogen) atoms. The van der Waals surface area contributed by atoms with Gasteiger partial charge in [0.25, 0.3) is 0 Å². The summed E-state index contributed by atoms with van der Waals surface area (Å²) in [4.78, 5) is 16.9. The van der Waals surface area contributed by atoms with E-state index in [0.717, 1.165) is 0 Å². The van der Waals surface area contributed by atoms with Crippen molar-refractivity contribution in [3.8, 4) is 0 Å². The molecule has 0 aromatic carbocycles. The van der Waals surface area contributed by atoms with Gasteiger partial charge in [-0.2, -0.15) is 9.79 Å². The first kappa shape index (κ1) is 10.1. The van der Waals surface area contributed by atoms with E-state index in [-0.39, 0.29) is 6.16 Å². The Labute approximate surface area is 61.0 Å². The Morgan fingerprint density at radius 3 is 2.00 bits per heavy atom. The van der Waals surface area contributed by atoms with Crippen molar-refractivity contribution < 1.29 is 18.9 Å². The highest BCUT2D eigenvalue weighted by Crippen LogP contribution is 2.31. The molecule has 0 bridgehead atoms. The first-order chi connectivity index (χ1) is 4.57. The van der Waals surface area contributed by atoms with Crippen LogP contribution in [0.15, 0.2) is 0 Å². The molecular formula is C4H10O4P2+2. The lowest BCUT2D eigenvalue weighted by molar-refractivity contribution is 0.479. The van der Waals surface area contributed by atoms with Crippen LogP contribution >= 0.6 is 16.1 Å². The normalized spacial score (nSPS) is 16.3. The lowest BCUT2D eigenvalue weighted by Gasteiger charge is -1.87. The number of hydrogen-bond acceptors (Lipinski definition) is 2. The molecular weight excluding hydrogens is 174 g/mol. The van der Waals surface area contributed by atoms with Gasteiger partial charge in [0.2, 0.25) is 11.8 Å². The zero-order chi connectivity index (χ0) is 8.15. The average Bonchev–Trinajstić information content (AvgIpc) is 1.81. The summed E-state index contributed by atoms with van der Waals surface area (Å²) in [6, 6.07) is 0. The van der Waals surface area contributed by atoms with Crippen LogP contribution < -0.4 is 0 Å². The maximum Gasteiger partial charge on any atom is 0.513 e. The highest BCUT2D eigenvalue weighted by Gasteiger charge is 2.35. The van der Waals surface area contributed by atoms with E-state index in [9.17, 15) is 9.13 Å². The largest absolute Gasteiger partial charge is 0.513 e. The van der Waals surface area contributed by atoms with Gasteiger partial charge in [0.05, 0.1) is 0 Å². The summed E-state index contributed by atoms with van der Waals surface area (Å²) in [7, 11) is -4.56. The highest BCUT2D eigenvalue weighted by atomic mass is 31.1. The lowest BCUT2D eigenvalue weighted by Crippen LogP contribution is -2.03. The molecule has 0 amide bonds. The van der Waals surface area contributed by atoms with Gasteiger partial charge in [0, 0.05) is 0 Å². The Balaban J connectivity index is 3.83. The van der Waals surface area contributed by atoms with Crippen LogP contribution in [0, 0.1) is 0 Å². The van der Waals surface area contributed by atoms with E-state index < -0.39 is 21.7 Å². The first-order valence-electron chi connectivity index (χ1n) is 2.86. The molecule has 0 saturated heterocycles. The molecule has 0 heterocycles. The lowest BCUT2D eigenvalue weighted by atomic mass is 10.4. The fourth-order valence-corrected chi connectivity index (χ4v) is 2.44. The van der Waals surface area contributed by atoms with Crippen molar-refractivity contribution in [3.05, 3.63) is 0 Å². The molecule has 0 aromatic heterocycles. The average molecular weight is 184 g/mol. The van der Waals surface area contributed by atoms with Crippen LogP contribution in [0.3, 0.4) is 0 Å². The van der Waals surface area contributed by atoms with Crippen LogP contribution in [0.5, 0.6) is 0 Å². The van der Waals surface area contributed by atoms with Crippen LogP contribution in [0.25, 0.3) is 0 Å². The molecule has 0 spiro atoms. The minimum Gasteiger partial charge on any atom is -0.161 e. The van der Waals surface area contributed by atoms with Crippen molar-refractivity contribution in [2.75, 3.05) is 6.16 Å². The third-order valence-corrected chi connectivity index (χ3v) is 3.36. The van der Waals surface area contributed by atoms with E-state index in [4.69, 9.17) is 9.79 Å². The van der Waals surface area contributed by atoms with Crippen molar-refractivity contribution >= 4 is 16.1 Å². The van der Waals surface area contributed by atoms with Crippen LogP contribution in [-0.2, 0) is 9.13 Å². The molecule has 0 aliphatic carbocycles. The van der Waals surface area contributed by atoms with Gasteiger partial charge < -0.3 is 0 Å². The maximum absolute atomic E-state index is 10.4. The van der Waals surface area contributed by atoms with E-state index in [2.05, 4.69) is 0 Å². The van der Waals surface area contributed by atoms with Crippen molar-refractivity contribution in [2.24, 2.45) is 0 Å². The maximum atomic E-state index is 10.4. The molecule has 6 heteroatoms. The second kappa shape index (κ2) is 4.86. The van der Waals surface area contributed by atoms with E-state index in [1.165, 1.54) is 0 Å². The molecule has 0 fully saturated rings. The predicted octanol–water partition coefficient (Wildman–Crippen LogP) is 1.23. The van der Waals surface area contributed by atoms with Gasteiger partial charge in [-0.3, -0.25) is 0 Å². The van der Waals surface area contributed by atoms with Gasteiger partial charge in [-0.05, 0) is 15.6 Å². The SMILES string of the molecule is CCC(C[P+](=O)O)[P+](=O)O. The van der Waals surface area contributed by atoms with Gasteiger partial charge in [-0.1, -0.05) is 6.92 Å². The van der Waals surface area contributed by atoms with E-state index >= 15 is 0 Å². The minimum absolute atomic E-state index is 0.0719. The molecule has 58 valence electrons. The summed E-state index contributed by atoms with van der Waals surface area (Å²) in [6.07, 6.45) is 0.394. The third kappa shape index (κ3) is 4.02. The van der Waals surface area contributed by atoms with Crippen molar-refractivity contribution in [1.29, 1.82) is 0 Å². The zero-order valence-corrected chi connectivity index (χ0v) is 7.39. The molecule has 0 aliphatic rings. The quantitative estimate of drug-likeness (QED) is 0.644. The first-order valence-corrected chi connectivity index (χ1v) is 5.54. The minimum atomic E-state index is -2.29. The Morgan fingerprint density at radius 1 is 1.40 bits per heavy atom. The summed E-state index contributed by atoms with van der Waals surface area (Å²) in [5, 5.41) is 0. The van der Waals surface area contributed by atoms with Crippen molar-refractivity contribution in [1.82, 2.24) is 0 Å². The van der Waals surface area contributed by atoms with Crippen LogP contribution in [0.4, 0.5) is 0 Å². The molecule has 2 N–H and O–H groups in total. The molecule has 3 unspecified atom stereocenters. The summed E-state index contributed by atoms with van der Waals surface area (Å²) in [5.41, 5.74) is -0.524. The summed E-state index contributed by atoms with van der Waals surface area (Å²) in [5.74, 6) is 0. The molecule has 0 aromatic rings. The van der Waals surface area contributed by atoms with Gasteiger partial charge >= 0.3 is 16.1 Å². The molecule has 0 radical (unpaired) electrons. The molecule has 4 nitrogen and oxygen atoms in total. The second-order valence-corrected chi connectivity index (χ2v) is 4.30. The standard InChI is InChI=1S/C4H8O4P2/c1-2-4(10(7)8)3-9(5)6/h4H,2-3H2,1H3/p+2. The Bertz CT molecular complexity index is 146. The highest BCUT2D eigenvalue weighted by molar-refractivity contribution is 7.43. The van der Waals surface area contributed by atoms with Gasteiger partial charge in [0.15, 0.2) is 0 Å². The zero-order valence-electron chi connectivity index (χ0n) is 5.60. The monoisotopic (exact) mass is 184 g/mol. The van der Waals surface area contributed by atoms with E-state index in [1.807, 2.05) is 0 Å². The van der Waals surface area contributed by atoms with E-state index in [0.29, 0.717) is 6.42 Å². The summed E-state index contributed by atoms with van der Waals surface area (Å²) in [6.45, 7) is 1.72. The molecule has 0 rings (SSSR count). The third-order valence-electron chi connectivity index (χ3n) is 1.15. The number of rotatable bonds is 4. The Hall–Kier alpha value is 0.120. The Morgan fingerprint density at radius 2 is 1.90 bits per heavy atom. The van der Waals surface area contributed by atoms with Crippen LogP contribution in [0.1, 0.15) is 13.3 Å². The molecule has 0 saturated carbocycles. The predicted molar refractivity (Wildman–Crippen MR) is 38.6 cm³/mol. The second-order valence-electron chi connectivity index (χ2n) is 1.90. The van der Waals surface area contributed by atoms with Crippen LogP contribution in [0.2, 0.25) is 0 Å². The summed E-state index contributed by atoms with van der Waals surface area (Å²) >= 11 is 0. The molecule has 3 atom stereocenters.